The van der Waals surface area contributed by atoms with Crippen molar-refractivity contribution < 1.29 is 9.90 Å². The number of carbonyl (C=O) groups excluding carboxylic acids is 1. The fourth-order valence-corrected chi connectivity index (χ4v) is 5.27. The zero-order chi connectivity index (χ0) is 21.7. The number of fused-ring (bicyclic) bond motifs is 5. The molecule has 1 fully saturated rings. The number of carbonyl (C=O) groups is 1. The molecule has 1 aromatic heterocycles. The lowest BCUT2D eigenvalue weighted by molar-refractivity contribution is -0.00986. The van der Waals surface area contributed by atoms with E-state index in [1.54, 1.807) is 4.90 Å². The van der Waals surface area contributed by atoms with Crippen LogP contribution in [0.5, 0.6) is 0 Å². The highest BCUT2D eigenvalue weighted by molar-refractivity contribution is 5.82. The average Bonchev–Trinajstić information content (AvgIpc) is 3.47. The molecule has 3 aromatic carbocycles. The Morgan fingerprint density at radius 3 is 2.09 bits per heavy atom. The highest BCUT2D eigenvalue weighted by Crippen LogP contribution is 2.53. The molecule has 5 nitrogen and oxygen atoms in total. The van der Waals surface area contributed by atoms with Crippen LogP contribution in [0.1, 0.15) is 22.4 Å². The molecule has 6 rings (SSSR count). The van der Waals surface area contributed by atoms with Gasteiger partial charge in [0.25, 0.3) is 0 Å². The predicted molar refractivity (Wildman–Crippen MR) is 122 cm³/mol. The molecule has 0 aliphatic carbocycles. The summed E-state index contributed by atoms with van der Waals surface area (Å²) in [5.74, 6) is 0. The van der Waals surface area contributed by atoms with Crippen molar-refractivity contribution in [3.05, 3.63) is 126 Å². The number of aliphatic hydroxyl groups excluding tert-OH is 1. The molecule has 158 valence electrons. The third kappa shape index (κ3) is 2.52. The maximum atomic E-state index is 13.9. The molecule has 3 heterocycles. The van der Waals surface area contributed by atoms with Crippen molar-refractivity contribution in [2.45, 2.75) is 24.9 Å². The number of rotatable bonds is 4. The Kier molecular flexibility index (Phi) is 4.20. The quantitative estimate of drug-likeness (QED) is 0.528. The van der Waals surface area contributed by atoms with Crippen molar-refractivity contribution in [1.82, 2.24) is 14.4 Å². The zero-order valence-electron chi connectivity index (χ0n) is 17.5. The van der Waals surface area contributed by atoms with Crippen molar-refractivity contribution in [3.63, 3.8) is 0 Å². The van der Waals surface area contributed by atoms with Gasteiger partial charge in [-0.05, 0) is 29.3 Å². The van der Waals surface area contributed by atoms with E-state index in [0.29, 0.717) is 13.1 Å². The molecule has 0 radical (unpaired) electrons. The van der Waals surface area contributed by atoms with Crippen LogP contribution < -0.4 is 0 Å². The molecule has 2 unspecified atom stereocenters. The second kappa shape index (κ2) is 7.11. The van der Waals surface area contributed by atoms with Crippen LogP contribution in [0.15, 0.2) is 103 Å². The van der Waals surface area contributed by atoms with Crippen molar-refractivity contribution in [1.29, 1.82) is 0 Å². The van der Waals surface area contributed by atoms with E-state index < -0.39 is 11.8 Å². The summed E-state index contributed by atoms with van der Waals surface area (Å²) < 4.78 is 2.09. The predicted octanol–water partition coefficient (Wildman–Crippen LogP) is 4.49. The Balaban J connectivity index is 1.54. The van der Waals surface area contributed by atoms with E-state index in [1.807, 2.05) is 108 Å². The summed E-state index contributed by atoms with van der Waals surface area (Å²) in [4.78, 5) is 17.3. The fraction of sp³-hybridized carbons (Fsp3) is 0.148. The maximum absolute atomic E-state index is 13.9. The monoisotopic (exact) mass is 421 g/mol. The molecular weight excluding hydrogens is 398 g/mol. The maximum Gasteiger partial charge on any atom is 0.323 e. The molecule has 2 atom stereocenters. The first-order valence-corrected chi connectivity index (χ1v) is 10.8. The number of benzene rings is 3. The summed E-state index contributed by atoms with van der Waals surface area (Å²) in [7, 11) is 0. The van der Waals surface area contributed by atoms with Crippen molar-refractivity contribution in [2.24, 2.45) is 0 Å². The van der Waals surface area contributed by atoms with Gasteiger partial charge in [-0.3, -0.25) is 4.90 Å². The summed E-state index contributed by atoms with van der Waals surface area (Å²) in [6.45, 7) is 0.748. The van der Waals surface area contributed by atoms with Crippen LogP contribution in [0, 0.1) is 0 Å². The van der Waals surface area contributed by atoms with Gasteiger partial charge in [-0.15, -0.1) is 0 Å². The third-order valence-corrected chi connectivity index (χ3v) is 6.66. The topological polar surface area (TPSA) is 48.7 Å². The van der Waals surface area contributed by atoms with E-state index in [0.717, 1.165) is 28.1 Å². The zero-order valence-corrected chi connectivity index (χ0v) is 17.5. The second-order valence-corrected chi connectivity index (χ2v) is 8.39. The van der Waals surface area contributed by atoms with Crippen LogP contribution in [0.4, 0.5) is 4.79 Å². The van der Waals surface area contributed by atoms with Gasteiger partial charge in [0.15, 0.2) is 11.8 Å². The second-order valence-electron chi connectivity index (χ2n) is 8.39. The number of aliphatic hydroxyl groups is 1. The Bertz CT molecular complexity index is 1280. The van der Waals surface area contributed by atoms with E-state index in [1.165, 1.54) is 0 Å². The van der Waals surface area contributed by atoms with Gasteiger partial charge in [0.2, 0.25) is 0 Å². The summed E-state index contributed by atoms with van der Waals surface area (Å²) in [5, 5.41) is 11.9. The van der Waals surface area contributed by atoms with E-state index in [9.17, 15) is 9.90 Å². The third-order valence-electron chi connectivity index (χ3n) is 6.66. The molecule has 32 heavy (non-hydrogen) atoms. The fourth-order valence-electron chi connectivity index (χ4n) is 5.27. The minimum Gasteiger partial charge on any atom is -0.370 e. The summed E-state index contributed by atoms with van der Waals surface area (Å²) in [6, 6.07) is 31.7. The molecule has 0 bridgehead atoms. The lowest BCUT2D eigenvalue weighted by Gasteiger charge is -2.36. The van der Waals surface area contributed by atoms with Crippen molar-refractivity contribution in [2.75, 3.05) is 0 Å². The highest BCUT2D eigenvalue weighted by Gasteiger charge is 2.63. The van der Waals surface area contributed by atoms with Crippen LogP contribution >= 0.6 is 0 Å². The van der Waals surface area contributed by atoms with Gasteiger partial charge in [-0.2, -0.15) is 0 Å². The van der Waals surface area contributed by atoms with Gasteiger partial charge < -0.3 is 14.6 Å². The van der Waals surface area contributed by atoms with E-state index in [4.69, 9.17) is 0 Å². The molecule has 2 aliphatic heterocycles. The number of hydrogen-bond donors (Lipinski definition) is 1. The smallest absolute Gasteiger partial charge is 0.323 e. The van der Waals surface area contributed by atoms with Gasteiger partial charge in [0, 0.05) is 18.3 Å². The number of hydrogen-bond acceptors (Lipinski definition) is 2. The summed E-state index contributed by atoms with van der Waals surface area (Å²) >= 11 is 0. The van der Waals surface area contributed by atoms with Crippen LogP contribution in [0.2, 0.25) is 0 Å². The number of amides is 2. The standard InChI is InChI=1S/C27H23N3O2/c31-25-27(22-14-7-8-15-23(22)28-17-9-16-24(27)28)30(19-21-12-5-2-6-13-21)26(32)29(25)18-20-10-3-1-4-11-20/h1-17,25,31H,18-19H2. The number of aromatic nitrogens is 1. The first kappa shape index (κ1) is 18.9. The molecule has 2 aliphatic rings. The van der Waals surface area contributed by atoms with Gasteiger partial charge in [-0.1, -0.05) is 78.9 Å². The summed E-state index contributed by atoms with van der Waals surface area (Å²) in [6.07, 6.45) is 0.969. The first-order valence-electron chi connectivity index (χ1n) is 10.8. The SMILES string of the molecule is O=C1N(Cc2ccccc2)C(O)C2(c3ccccc3-n3cccc32)N1Cc1ccccc1. The van der Waals surface area contributed by atoms with E-state index in [-0.39, 0.29) is 6.03 Å². The molecule has 0 saturated carbocycles. The number of para-hydroxylation sites is 1. The van der Waals surface area contributed by atoms with Gasteiger partial charge in [0.1, 0.15) is 0 Å². The Labute approximate surface area is 186 Å². The lowest BCUT2D eigenvalue weighted by atomic mass is 9.85. The van der Waals surface area contributed by atoms with E-state index >= 15 is 0 Å². The first-order chi connectivity index (χ1) is 15.7. The summed E-state index contributed by atoms with van der Waals surface area (Å²) in [5.41, 5.74) is 3.88. The highest BCUT2D eigenvalue weighted by atomic mass is 16.3. The Morgan fingerprint density at radius 2 is 1.38 bits per heavy atom. The van der Waals surface area contributed by atoms with Gasteiger partial charge >= 0.3 is 6.03 Å². The van der Waals surface area contributed by atoms with Crippen LogP contribution in [-0.4, -0.2) is 31.7 Å². The van der Waals surface area contributed by atoms with Gasteiger partial charge in [-0.25, -0.2) is 4.79 Å². The Morgan fingerprint density at radius 1 is 0.750 bits per heavy atom. The molecular formula is C27H23N3O2. The molecule has 1 spiro atoms. The lowest BCUT2D eigenvalue weighted by Crippen LogP contribution is -2.48. The Hall–Kier alpha value is -3.83. The normalized spacial score (nSPS) is 21.3. The van der Waals surface area contributed by atoms with Crippen LogP contribution in [-0.2, 0) is 18.6 Å². The molecule has 4 aromatic rings. The molecule has 2 amide bonds. The van der Waals surface area contributed by atoms with Crippen LogP contribution in [0.25, 0.3) is 5.69 Å². The number of urea groups is 1. The minimum absolute atomic E-state index is 0.172. The molecule has 1 N–H and O–H groups in total. The van der Waals surface area contributed by atoms with E-state index in [2.05, 4.69) is 4.57 Å². The molecule has 5 heteroatoms. The van der Waals surface area contributed by atoms with Crippen LogP contribution in [0.3, 0.4) is 0 Å². The number of nitrogens with zero attached hydrogens (tertiary/aromatic N) is 3. The average molecular weight is 422 g/mol. The largest absolute Gasteiger partial charge is 0.370 e. The van der Waals surface area contributed by atoms with Crippen molar-refractivity contribution >= 4 is 6.03 Å². The molecule has 1 saturated heterocycles. The minimum atomic E-state index is -1.03. The van der Waals surface area contributed by atoms with Gasteiger partial charge in [0.05, 0.1) is 17.9 Å². The van der Waals surface area contributed by atoms with Crippen molar-refractivity contribution in [3.8, 4) is 5.69 Å².